The lowest BCUT2D eigenvalue weighted by molar-refractivity contribution is 0.584. The fourth-order valence-corrected chi connectivity index (χ4v) is 9.70. The number of pyridine rings is 2. The second kappa shape index (κ2) is 15.7. The van der Waals surface area contributed by atoms with E-state index in [1.165, 1.54) is 12.1 Å². The predicted octanol–water partition coefficient (Wildman–Crippen LogP) is 15.2. The van der Waals surface area contributed by atoms with Gasteiger partial charge in [0.05, 0.1) is 56.5 Å². The van der Waals surface area contributed by atoms with Gasteiger partial charge in [0.1, 0.15) is 11.6 Å². The number of nitrogens with zero attached hydrogens (tertiary/aromatic N) is 5. The lowest BCUT2D eigenvalue weighted by atomic mass is 9.97. The van der Waals surface area contributed by atoms with Gasteiger partial charge in [-0.2, -0.15) is 5.26 Å². The number of aromatic nitrogens is 4. The van der Waals surface area contributed by atoms with Crippen LogP contribution in [0.25, 0.3) is 111 Å². The Morgan fingerprint density at radius 3 is 1.32 bits per heavy atom. The van der Waals surface area contributed by atoms with E-state index in [1.807, 2.05) is 97.3 Å². The van der Waals surface area contributed by atoms with Gasteiger partial charge in [-0.05, 0) is 77.4 Å². The van der Waals surface area contributed by atoms with E-state index in [-0.39, 0.29) is 11.1 Å². The molecule has 0 saturated carbocycles. The molecule has 66 heavy (non-hydrogen) atoms. The average Bonchev–Trinajstić information content (AvgIpc) is 3.88. The van der Waals surface area contributed by atoms with Crippen molar-refractivity contribution < 1.29 is 8.78 Å². The SMILES string of the molecule is N#Cc1cc(-n2c3ccccc3c3ccc(-c4cccnc4-c4ccccc4)cc32)c(-n2c3ccccc3c3ccc(-c4cccnc4-c4ccccc4)cc32)cc1-c1cc(F)cc(F)c1. The number of halogens is 2. The van der Waals surface area contributed by atoms with Crippen molar-refractivity contribution in [1.29, 1.82) is 5.26 Å². The molecule has 0 N–H and O–H groups in total. The maximum absolute atomic E-state index is 15.1. The smallest absolute Gasteiger partial charge is 0.126 e. The first-order valence-corrected chi connectivity index (χ1v) is 21.7. The molecule has 0 atom stereocenters. The molecule has 8 aromatic carbocycles. The van der Waals surface area contributed by atoms with E-state index in [1.54, 1.807) is 0 Å². The first kappa shape index (κ1) is 38.7. The van der Waals surface area contributed by atoms with Crippen molar-refractivity contribution in [2.75, 3.05) is 0 Å². The molecule has 0 fully saturated rings. The number of fused-ring (bicyclic) bond motifs is 6. The molecule has 0 spiro atoms. The van der Waals surface area contributed by atoms with Crippen LogP contribution in [0.2, 0.25) is 0 Å². The molecule has 0 amide bonds. The fraction of sp³-hybridized carbons (Fsp3) is 0. The summed E-state index contributed by atoms with van der Waals surface area (Å²) >= 11 is 0. The number of hydrogen-bond acceptors (Lipinski definition) is 3. The first-order valence-electron chi connectivity index (χ1n) is 21.7. The van der Waals surface area contributed by atoms with E-state index in [0.717, 1.165) is 94.4 Å². The number of rotatable bonds is 7. The molecule has 0 aliphatic heterocycles. The van der Waals surface area contributed by atoms with Crippen LogP contribution >= 0.6 is 0 Å². The Labute approximate surface area is 378 Å². The highest BCUT2D eigenvalue weighted by Gasteiger charge is 2.24. The van der Waals surface area contributed by atoms with Crippen molar-refractivity contribution in [2.45, 2.75) is 0 Å². The molecular weight excluding hydrogens is 817 g/mol. The molecule has 4 aromatic heterocycles. The Morgan fingerprint density at radius 2 is 0.818 bits per heavy atom. The van der Waals surface area contributed by atoms with Crippen LogP contribution < -0.4 is 0 Å². The van der Waals surface area contributed by atoms with Crippen LogP contribution in [0.15, 0.2) is 213 Å². The van der Waals surface area contributed by atoms with Crippen LogP contribution in [-0.2, 0) is 0 Å². The van der Waals surface area contributed by atoms with Gasteiger partial charge >= 0.3 is 0 Å². The molecule has 12 rings (SSSR count). The van der Waals surface area contributed by atoms with Crippen molar-refractivity contribution in [3.05, 3.63) is 230 Å². The molecular formula is C59H35F2N5. The zero-order valence-electron chi connectivity index (χ0n) is 35.2. The summed E-state index contributed by atoms with van der Waals surface area (Å²) in [6.07, 6.45) is 3.63. The monoisotopic (exact) mass is 851 g/mol. The quantitative estimate of drug-likeness (QED) is 0.160. The molecule has 12 aromatic rings. The normalized spacial score (nSPS) is 11.5. The summed E-state index contributed by atoms with van der Waals surface area (Å²) in [6.45, 7) is 0. The molecule has 0 bridgehead atoms. The maximum Gasteiger partial charge on any atom is 0.126 e. The summed E-state index contributed by atoms with van der Waals surface area (Å²) in [4.78, 5) is 9.71. The topological polar surface area (TPSA) is 59.4 Å². The average molecular weight is 852 g/mol. The minimum atomic E-state index is -0.730. The molecule has 5 nitrogen and oxygen atoms in total. The summed E-state index contributed by atoms with van der Waals surface area (Å²) in [5, 5.41) is 15.1. The molecule has 310 valence electrons. The molecule has 4 heterocycles. The van der Waals surface area contributed by atoms with Crippen molar-refractivity contribution in [2.24, 2.45) is 0 Å². The fourth-order valence-electron chi connectivity index (χ4n) is 9.70. The van der Waals surface area contributed by atoms with Crippen molar-refractivity contribution in [3.8, 4) is 73.3 Å². The number of para-hydroxylation sites is 2. The maximum atomic E-state index is 15.1. The second-order valence-electron chi connectivity index (χ2n) is 16.4. The molecule has 0 saturated heterocycles. The first-order chi connectivity index (χ1) is 32.5. The van der Waals surface area contributed by atoms with Gasteiger partial charge in [-0.15, -0.1) is 0 Å². The van der Waals surface area contributed by atoms with Gasteiger partial charge in [0, 0.05) is 67.8 Å². The number of nitriles is 1. The van der Waals surface area contributed by atoms with Crippen LogP contribution in [-0.4, -0.2) is 19.1 Å². The van der Waals surface area contributed by atoms with E-state index < -0.39 is 11.6 Å². The lowest BCUT2D eigenvalue weighted by Crippen LogP contribution is -2.06. The van der Waals surface area contributed by atoms with Gasteiger partial charge < -0.3 is 9.13 Å². The van der Waals surface area contributed by atoms with Crippen LogP contribution in [0.4, 0.5) is 8.78 Å². The zero-order valence-corrected chi connectivity index (χ0v) is 35.2. The van der Waals surface area contributed by atoms with Gasteiger partial charge in [0.2, 0.25) is 0 Å². The Balaban J connectivity index is 1.19. The molecule has 0 aliphatic carbocycles. The Bertz CT molecular complexity index is 3900. The summed E-state index contributed by atoms with van der Waals surface area (Å²) in [7, 11) is 0. The Hall–Kier alpha value is -8.99. The molecule has 7 heteroatoms. The second-order valence-corrected chi connectivity index (χ2v) is 16.4. The minimum Gasteiger partial charge on any atom is -0.307 e. The van der Waals surface area contributed by atoms with Crippen molar-refractivity contribution in [1.82, 2.24) is 19.1 Å². The van der Waals surface area contributed by atoms with Crippen LogP contribution in [0, 0.1) is 23.0 Å². The minimum absolute atomic E-state index is 0.260. The van der Waals surface area contributed by atoms with Gasteiger partial charge in [-0.25, -0.2) is 8.78 Å². The van der Waals surface area contributed by atoms with Crippen molar-refractivity contribution >= 4 is 43.6 Å². The predicted molar refractivity (Wildman–Crippen MR) is 263 cm³/mol. The van der Waals surface area contributed by atoms with E-state index in [4.69, 9.17) is 9.97 Å². The summed E-state index contributed by atoms with van der Waals surface area (Å²) in [6, 6.07) is 67.5. The van der Waals surface area contributed by atoms with E-state index in [0.29, 0.717) is 16.9 Å². The zero-order chi connectivity index (χ0) is 44.3. The Morgan fingerprint density at radius 1 is 0.364 bits per heavy atom. The number of hydrogen-bond donors (Lipinski definition) is 0. The third-order valence-corrected chi connectivity index (χ3v) is 12.6. The third kappa shape index (κ3) is 6.35. The van der Waals surface area contributed by atoms with E-state index >= 15 is 8.78 Å². The summed E-state index contributed by atoms with van der Waals surface area (Å²) < 4.78 is 34.7. The van der Waals surface area contributed by atoms with Gasteiger partial charge in [-0.1, -0.05) is 133 Å². The van der Waals surface area contributed by atoms with Crippen LogP contribution in [0.5, 0.6) is 0 Å². The van der Waals surface area contributed by atoms with Gasteiger partial charge in [0.25, 0.3) is 0 Å². The largest absolute Gasteiger partial charge is 0.307 e. The summed E-state index contributed by atoms with van der Waals surface area (Å²) in [5.41, 5.74) is 13.6. The molecule has 0 radical (unpaired) electrons. The number of benzene rings is 8. The molecule has 0 unspecified atom stereocenters. The lowest BCUT2D eigenvalue weighted by Gasteiger charge is -2.20. The third-order valence-electron chi connectivity index (χ3n) is 12.6. The standard InChI is InChI=1S/C59H35F2N5/c60-43-29-41(30-44(61)34-43)51-35-57(66-53-22-10-8-18-48(53)50-26-24-40(32-55(50)66)46-20-12-28-64-59(46)38-15-5-2-6-16-38)56(33-42(51)36-62)65-52-21-9-7-17-47(52)49-25-23-39(31-54(49)65)45-19-11-27-63-58(45)37-13-3-1-4-14-37/h1-35H. The van der Waals surface area contributed by atoms with E-state index in [2.05, 4.69) is 112 Å². The Kier molecular flexibility index (Phi) is 9.18. The summed E-state index contributed by atoms with van der Waals surface area (Å²) in [5.74, 6) is -1.46. The highest BCUT2D eigenvalue weighted by molar-refractivity contribution is 6.13. The molecule has 0 aliphatic rings. The highest BCUT2D eigenvalue weighted by atomic mass is 19.1. The van der Waals surface area contributed by atoms with E-state index in [9.17, 15) is 5.26 Å². The highest BCUT2D eigenvalue weighted by Crippen LogP contribution is 2.44. The van der Waals surface area contributed by atoms with Crippen molar-refractivity contribution in [3.63, 3.8) is 0 Å². The van der Waals surface area contributed by atoms with Gasteiger partial charge in [-0.3, -0.25) is 9.97 Å². The van der Waals surface area contributed by atoms with Crippen LogP contribution in [0.3, 0.4) is 0 Å². The van der Waals surface area contributed by atoms with Crippen LogP contribution in [0.1, 0.15) is 5.56 Å². The van der Waals surface area contributed by atoms with Gasteiger partial charge in [0.15, 0.2) is 0 Å².